The predicted molar refractivity (Wildman–Crippen MR) is 59.3 cm³/mol. The number of benzene rings is 1. The van der Waals surface area contributed by atoms with Gasteiger partial charge in [-0.2, -0.15) is 0 Å². The Morgan fingerprint density at radius 2 is 2.07 bits per heavy atom. The highest BCUT2D eigenvalue weighted by Crippen LogP contribution is 2.07. The zero-order valence-corrected chi connectivity index (χ0v) is 9.04. The molecule has 0 aliphatic carbocycles. The number of hydrogen-bond donors (Lipinski definition) is 1. The molecule has 2 nitrogen and oxygen atoms in total. The number of hydrogen-bond acceptors (Lipinski definition) is 2. The van der Waals surface area contributed by atoms with E-state index in [-0.39, 0.29) is 5.12 Å². The van der Waals surface area contributed by atoms with E-state index in [1.54, 1.807) is 0 Å². The number of rotatable bonds is 5. The fourth-order valence-electron chi connectivity index (χ4n) is 1.13. The third-order valence-corrected chi connectivity index (χ3v) is 2.23. The Bertz CT molecular complexity index is 285. The van der Waals surface area contributed by atoms with E-state index < -0.39 is 6.10 Å². The summed E-state index contributed by atoms with van der Waals surface area (Å²) in [6, 6.07) is 9.78. The SMILES string of the molecule is CC[C@@H](OCc1ccccc1)C(=O)S. The van der Waals surface area contributed by atoms with Crippen LogP contribution in [-0.2, 0) is 16.1 Å². The summed E-state index contributed by atoms with van der Waals surface area (Å²) >= 11 is 3.76. The highest BCUT2D eigenvalue weighted by Gasteiger charge is 2.12. The van der Waals surface area contributed by atoms with Gasteiger partial charge in [-0.05, 0) is 12.0 Å². The first-order valence-corrected chi connectivity index (χ1v) is 5.07. The molecule has 1 rings (SSSR count). The summed E-state index contributed by atoms with van der Waals surface area (Å²) in [6.45, 7) is 2.37. The van der Waals surface area contributed by atoms with Crippen LogP contribution in [0, 0.1) is 0 Å². The number of ether oxygens (including phenoxy) is 1. The van der Waals surface area contributed by atoms with Crippen molar-refractivity contribution in [3.8, 4) is 0 Å². The highest BCUT2D eigenvalue weighted by molar-refractivity contribution is 7.96. The Labute approximate surface area is 89.7 Å². The average Bonchev–Trinajstić information content (AvgIpc) is 2.20. The van der Waals surface area contributed by atoms with Gasteiger partial charge in [-0.25, -0.2) is 0 Å². The van der Waals surface area contributed by atoms with Crippen LogP contribution in [0.4, 0.5) is 0 Å². The lowest BCUT2D eigenvalue weighted by molar-refractivity contribution is -0.122. The first-order chi connectivity index (χ1) is 6.74. The van der Waals surface area contributed by atoms with Gasteiger partial charge in [0.25, 0.3) is 0 Å². The van der Waals surface area contributed by atoms with Crippen molar-refractivity contribution in [2.75, 3.05) is 0 Å². The van der Waals surface area contributed by atoms with Crippen molar-refractivity contribution >= 4 is 17.7 Å². The molecule has 1 atom stereocenters. The molecule has 76 valence electrons. The topological polar surface area (TPSA) is 26.3 Å². The molecule has 0 N–H and O–H groups in total. The summed E-state index contributed by atoms with van der Waals surface area (Å²) in [4.78, 5) is 10.9. The standard InChI is InChI=1S/C11H14O2S/c1-2-10(11(12)14)13-8-9-6-4-3-5-7-9/h3-7,10H,2,8H2,1H3,(H,12,14)/t10-/m1/s1. The van der Waals surface area contributed by atoms with Gasteiger partial charge in [-0.3, -0.25) is 4.79 Å². The normalized spacial score (nSPS) is 12.4. The van der Waals surface area contributed by atoms with Crippen LogP contribution in [0.1, 0.15) is 18.9 Å². The van der Waals surface area contributed by atoms with Gasteiger partial charge in [0.05, 0.1) is 6.61 Å². The van der Waals surface area contributed by atoms with Gasteiger partial charge < -0.3 is 4.74 Å². The second-order valence-electron chi connectivity index (χ2n) is 3.03. The third kappa shape index (κ3) is 3.52. The monoisotopic (exact) mass is 210 g/mol. The molecule has 0 heterocycles. The minimum absolute atomic E-state index is 0.205. The fourth-order valence-corrected chi connectivity index (χ4v) is 1.39. The van der Waals surface area contributed by atoms with Crippen LogP contribution in [-0.4, -0.2) is 11.2 Å². The molecule has 0 amide bonds. The quantitative estimate of drug-likeness (QED) is 0.755. The van der Waals surface area contributed by atoms with Gasteiger partial charge in [0.15, 0.2) is 0 Å². The first kappa shape index (κ1) is 11.3. The number of thiol groups is 1. The van der Waals surface area contributed by atoms with Crippen LogP contribution < -0.4 is 0 Å². The van der Waals surface area contributed by atoms with Crippen molar-refractivity contribution in [1.29, 1.82) is 0 Å². The fraction of sp³-hybridized carbons (Fsp3) is 0.364. The Morgan fingerprint density at radius 1 is 1.43 bits per heavy atom. The number of carbonyl (C=O) groups excluding carboxylic acids is 1. The van der Waals surface area contributed by atoms with E-state index in [1.807, 2.05) is 37.3 Å². The Balaban J connectivity index is 2.44. The maximum Gasteiger partial charge on any atom is 0.214 e. The Hall–Kier alpha value is -0.800. The molecular weight excluding hydrogens is 196 g/mol. The third-order valence-electron chi connectivity index (χ3n) is 1.94. The van der Waals surface area contributed by atoms with Crippen molar-refractivity contribution in [3.63, 3.8) is 0 Å². The summed E-state index contributed by atoms with van der Waals surface area (Å²) in [6.07, 6.45) is 0.272. The van der Waals surface area contributed by atoms with Crippen LogP contribution in [0.15, 0.2) is 30.3 Å². The van der Waals surface area contributed by atoms with E-state index in [4.69, 9.17) is 4.74 Å². The van der Waals surface area contributed by atoms with Gasteiger partial charge in [0.1, 0.15) is 6.10 Å². The minimum Gasteiger partial charge on any atom is -0.365 e. The highest BCUT2D eigenvalue weighted by atomic mass is 32.1. The lowest BCUT2D eigenvalue weighted by atomic mass is 10.2. The zero-order valence-electron chi connectivity index (χ0n) is 8.14. The van der Waals surface area contributed by atoms with E-state index in [2.05, 4.69) is 12.6 Å². The van der Waals surface area contributed by atoms with Crippen molar-refractivity contribution < 1.29 is 9.53 Å². The van der Waals surface area contributed by atoms with E-state index >= 15 is 0 Å². The Kier molecular flexibility index (Phi) is 4.70. The van der Waals surface area contributed by atoms with Crippen LogP contribution >= 0.6 is 12.6 Å². The first-order valence-electron chi connectivity index (χ1n) is 4.62. The molecule has 0 saturated heterocycles. The second-order valence-corrected chi connectivity index (χ2v) is 3.47. The molecule has 0 aliphatic rings. The maximum absolute atomic E-state index is 10.9. The maximum atomic E-state index is 10.9. The van der Waals surface area contributed by atoms with Crippen LogP contribution in [0.5, 0.6) is 0 Å². The molecule has 0 spiro atoms. The molecule has 0 bridgehead atoms. The molecule has 1 aromatic rings. The van der Waals surface area contributed by atoms with Crippen LogP contribution in [0.2, 0.25) is 0 Å². The summed E-state index contributed by atoms with van der Waals surface area (Å²) in [5, 5.41) is -0.205. The van der Waals surface area contributed by atoms with Crippen molar-refractivity contribution in [2.24, 2.45) is 0 Å². The molecule has 14 heavy (non-hydrogen) atoms. The van der Waals surface area contributed by atoms with Crippen molar-refractivity contribution in [1.82, 2.24) is 0 Å². The van der Waals surface area contributed by atoms with Crippen LogP contribution in [0.3, 0.4) is 0 Å². The molecule has 0 aromatic heterocycles. The summed E-state index contributed by atoms with van der Waals surface area (Å²) < 4.78 is 5.41. The van der Waals surface area contributed by atoms with Gasteiger partial charge in [-0.1, -0.05) is 37.3 Å². The largest absolute Gasteiger partial charge is 0.365 e. The second kappa shape index (κ2) is 5.83. The molecular formula is C11H14O2S. The van der Waals surface area contributed by atoms with Crippen molar-refractivity contribution in [2.45, 2.75) is 26.1 Å². The molecule has 1 aromatic carbocycles. The van der Waals surface area contributed by atoms with Gasteiger partial charge in [0, 0.05) is 0 Å². The molecule has 0 fully saturated rings. The van der Waals surface area contributed by atoms with Crippen LogP contribution in [0.25, 0.3) is 0 Å². The molecule has 0 saturated carbocycles. The average molecular weight is 210 g/mol. The van der Waals surface area contributed by atoms with Gasteiger partial charge in [0.2, 0.25) is 5.12 Å². The van der Waals surface area contributed by atoms with E-state index in [1.165, 1.54) is 0 Å². The predicted octanol–water partition coefficient (Wildman–Crippen LogP) is 2.44. The smallest absolute Gasteiger partial charge is 0.214 e. The van der Waals surface area contributed by atoms with Crippen molar-refractivity contribution in [3.05, 3.63) is 35.9 Å². The minimum atomic E-state index is -0.390. The lowest BCUT2D eigenvalue weighted by Gasteiger charge is -2.11. The van der Waals surface area contributed by atoms with E-state index in [0.29, 0.717) is 13.0 Å². The molecule has 0 radical (unpaired) electrons. The van der Waals surface area contributed by atoms with Gasteiger partial charge in [-0.15, -0.1) is 12.6 Å². The Morgan fingerprint density at radius 3 is 2.57 bits per heavy atom. The zero-order chi connectivity index (χ0) is 10.4. The summed E-state index contributed by atoms with van der Waals surface area (Å²) in [5.41, 5.74) is 1.07. The van der Waals surface area contributed by atoms with Gasteiger partial charge >= 0.3 is 0 Å². The number of carbonyl (C=O) groups is 1. The molecule has 0 unspecified atom stereocenters. The van der Waals surface area contributed by atoms with E-state index in [9.17, 15) is 4.79 Å². The lowest BCUT2D eigenvalue weighted by Crippen LogP contribution is -2.18. The molecule has 3 heteroatoms. The molecule has 0 aliphatic heterocycles. The van der Waals surface area contributed by atoms with E-state index in [0.717, 1.165) is 5.56 Å². The summed E-state index contributed by atoms with van der Waals surface area (Å²) in [5.74, 6) is 0. The summed E-state index contributed by atoms with van der Waals surface area (Å²) in [7, 11) is 0.